The van der Waals surface area contributed by atoms with E-state index in [-0.39, 0.29) is 10.9 Å². The van der Waals surface area contributed by atoms with Crippen LogP contribution in [0.1, 0.15) is 36.0 Å². The molecule has 0 bridgehead atoms. The lowest BCUT2D eigenvalue weighted by molar-refractivity contribution is 0.0693. The van der Waals surface area contributed by atoms with Crippen molar-refractivity contribution in [1.82, 2.24) is 4.72 Å². The second kappa shape index (κ2) is 5.18. The fourth-order valence-electron chi connectivity index (χ4n) is 2.18. The van der Waals surface area contributed by atoms with Crippen molar-refractivity contribution in [3.8, 4) is 5.75 Å². The Morgan fingerprint density at radius 2 is 1.89 bits per heavy atom. The van der Waals surface area contributed by atoms with Crippen molar-refractivity contribution < 1.29 is 23.4 Å². The van der Waals surface area contributed by atoms with Crippen LogP contribution in [0, 0.1) is 0 Å². The number of carboxylic acids is 1. The zero-order valence-corrected chi connectivity index (χ0v) is 11.0. The van der Waals surface area contributed by atoms with E-state index < -0.39 is 27.3 Å². The Kier molecular flexibility index (Phi) is 3.77. The molecule has 0 unspecified atom stereocenters. The van der Waals surface area contributed by atoms with Crippen LogP contribution in [0.3, 0.4) is 0 Å². The minimum absolute atomic E-state index is 0.0907. The summed E-state index contributed by atoms with van der Waals surface area (Å²) in [4.78, 5) is 10.7. The number of aromatic carboxylic acids is 1. The Labute approximate surface area is 111 Å². The van der Waals surface area contributed by atoms with Crippen LogP contribution >= 0.6 is 0 Å². The highest BCUT2D eigenvalue weighted by Gasteiger charge is 2.24. The van der Waals surface area contributed by atoms with Crippen molar-refractivity contribution in [2.75, 3.05) is 0 Å². The molecule has 1 aliphatic carbocycles. The first-order chi connectivity index (χ1) is 8.90. The Hall–Kier alpha value is -1.60. The summed E-state index contributed by atoms with van der Waals surface area (Å²) in [5.41, 5.74) is -0.422. The number of sulfonamides is 1. The fraction of sp³-hybridized carbons (Fsp3) is 0.417. The largest absolute Gasteiger partial charge is 0.507 e. The zero-order chi connectivity index (χ0) is 14.0. The Morgan fingerprint density at radius 1 is 1.26 bits per heavy atom. The molecule has 7 heteroatoms. The van der Waals surface area contributed by atoms with Crippen LogP contribution in [0.5, 0.6) is 5.75 Å². The number of nitrogens with one attached hydrogen (secondary N) is 1. The van der Waals surface area contributed by atoms with Crippen molar-refractivity contribution in [3.63, 3.8) is 0 Å². The number of rotatable bonds is 4. The van der Waals surface area contributed by atoms with E-state index in [0.717, 1.165) is 37.8 Å². The van der Waals surface area contributed by atoms with E-state index in [0.29, 0.717) is 0 Å². The van der Waals surface area contributed by atoms with Crippen molar-refractivity contribution in [2.45, 2.75) is 36.6 Å². The number of carboxylic acid groups (broad SMARTS) is 1. The van der Waals surface area contributed by atoms with E-state index in [1.54, 1.807) is 0 Å². The average molecular weight is 285 g/mol. The topological polar surface area (TPSA) is 104 Å². The van der Waals surface area contributed by atoms with Gasteiger partial charge in [-0.25, -0.2) is 17.9 Å². The van der Waals surface area contributed by atoms with Gasteiger partial charge in [0, 0.05) is 6.04 Å². The van der Waals surface area contributed by atoms with Crippen LogP contribution in [-0.4, -0.2) is 30.6 Å². The van der Waals surface area contributed by atoms with Gasteiger partial charge < -0.3 is 10.2 Å². The molecule has 0 aromatic heterocycles. The molecule has 0 spiro atoms. The normalized spacial score (nSPS) is 16.6. The molecule has 0 atom stereocenters. The molecular weight excluding hydrogens is 270 g/mol. The Bertz CT molecular complexity index is 590. The molecule has 0 aliphatic heterocycles. The Morgan fingerprint density at radius 3 is 2.47 bits per heavy atom. The van der Waals surface area contributed by atoms with Gasteiger partial charge in [0.15, 0.2) is 0 Å². The highest BCUT2D eigenvalue weighted by atomic mass is 32.2. The van der Waals surface area contributed by atoms with Gasteiger partial charge in [-0.05, 0) is 31.0 Å². The average Bonchev–Trinajstić information content (AvgIpc) is 2.80. The van der Waals surface area contributed by atoms with E-state index in [1.165, 1.54) is 6.07 Å². The monoisotopic (exact) mass is 285 g/mol. The zero-order valence-electron chi connectivity index (χ0n) is 10.2. The predicted molar refractivity (Wildman–Crippen MR) is 67.6 cm³/mol. The van der Waals surface area contributed by atoms with Crippen LogP contribution in [0.4, 0.5) is 0 Å². The van der Waals surface area contributed by atoms with E-state index in [1.807, 2.05) is 0 Å². The van der Waals surface area contributed by atoms with Crippen LogP contribution < -0.4 is 4.72 Å². The summed E-state index contributed by atoms with van der Waals surface area (Å²) in [6.07, 6.45) is 3.57. The second-order valence-electron chi connectivity index (χ2n) is 4.59. The molecule has 0 heterocycles. The second-order valence-corrected chi connectivity index (χ2v) is 6.30. The first kappa shape index (κ1) is 13.8. The molecule has 6 nitrogen and oxygen atoms in total. The van der Waals surface area contributed by atoms with E-state index in [4.69, 9.17) is 5.11 Å². The molecule has 0 radical (unpaired) electrons. The highest BCUT2D eigenvalue weighted by Crippen LogP contribution is 2.24. The van der Waals surface area contributed by atoms with Crippen molar-refractivity contribution in [3.05, 3.63) is 23.8 Å². The van der Waals surface area contributed by atoms with Gasteiger partial charge in [-0.2, -0.15) is 0 Å². The molecule has 1 aliphatic rings. The molecule has 0 amide bonds. The SMILES string of the molecule is O=C(O)c1cc(S(=O)(=O)NC2CCCC2)ccc1O. The first-order valence-corrected chi connectivity index (χ1v) is 7.47. The maximum atomic E-state index is 12.1. The van der Waals surface area contributed by atoms with Crippen LogP contribution in [0.25, 0.3) is 0 Å². The smallest absolute Gasteiger partial charge is 0.339 e. The van der Waals surface area contributed by atoms with Crippen LogP contribution in [0.15, 0.2) is 23.1 Å². The maximum Gasteiger partial charge on any atom is 0.339 e. The highest BCUT2D eigenvalue weighted by molar-refractivity contribution is 7.89. The van der Waals surface area contributed by atoms with Gasteiger partial charge in [-0.1, -0.05) is 12.8 Å². The lowest BCUT2D eigenvalue weighted by atomic mass is 10.2. The fourth-order valence-corrected chi connectivity index (χ4v) is 3.52. The molecule has 1 fully saturated rings. The summed E-state index contributed by atoms with van der Waals surface area (Å²) >= 11 is 0. The third-order valence-corrected chi connectivity index (χ3v) is 4.70. The van der Waals surface area contributed by atoms with Gasteiger partial charge in [0.1, 0.15) is 11.3 Å². The predicted octanol–water partition coefficient (Wildman–Crippen LogP) is 1.31. The number of phenols is 1. The number of hydrogen-bond donors (Lipinski definition) is 3. The number of carbonyl (C=O) groups is 1. The van der Waals surface area contributed by atoms with Gasteiger partial charge in [0.05, 0.1) is 4.90 Å². The van der Waals surface area contributed by atoms with Gasteiger partial charge >= 0.3 is 5.97 Å². The summed E-state index contributed by atoms with van der Waals surface area (Å²) in [6, 6.07) is 3.15. The molecule has 1 aromatic carbocycles. The first-order valence-electron chi connectivity index (χ1n) is 5.99. The molecule has 0 saturated heterocycles. The van der Waals surface area contributed by atoms with E-state index >= 15 is 0 Å². The number of benzene rings is 1. The van der Waals surface area contributed by atoms with Crippen LogP contribution in [-0.2, 0) is 10.0 Å². The molecule has 1 saturated carbocycles. The standard InChI is InChI=1S/C12H15NO5S/c14-11-6-5-9(7-10(11)12(15)16)19(17,18)13-8-3-1-2-4-8/h5-8,13-14H,1-4H2,(H,15,16). The summed E-state index contributed by atoms with van der Waals surface area (Å²) in [7, 11) is -3.74. The molecular formula is C12H15NO5S. The third-order valence-electron chi connectivity index (χ3n) is 3.19. The molecule has 19 heavy (non-hydrogen) atoms. The summed E-state index contributed by atoms with van der Waals surface area (Å²) < 4.78 is 26.7. The summed E-state index contributed by atoms with van der Waals surface area (Å²) in [5.74, 6) is -1.82. The van der Waals surface area contributed by atoms with E-state index in [2.05, 4.69) is 4.72 Å². The quantitative estimate of drug-likeness (QED) is 0.774. The van der Waals surface area contributed by atoms with Crippen molar-refractivity contribution in [2.24, 2.45) is 0 Å². The minimum Gasteiger partial charge on any atom is -0.507 e. The minimum atomic E-state index is -3.74. The van der Waals surface area contributed by atoms with Crippen LogP contribution in [0.2, 0.25) is 0 Å². The van der Waals surface area contributed by atoms with E-state index in [9.17, 15) is 18.3 Å². The van der Waals surface area contributed by atoms with Gasteiger partial charge in [-0.15, -0.1) is 0 Å². The van der Waals surface area contributed by atoms with Crippen molar-refractivity contribution in [1.29, 1.82) is 0 Å². The summed E-state index contributed by atoms with van der Waals surface area (Å²) in [6.45, 7) is 0. The Balaban J connectivity index is 2.29. The number of aromatic hydroxyl groups is 1. The number of hydrogen-bond acceptors (Lipinski definition) is 4. The summed E-state index contributed by atoms with van der Waals surface area (Å²) in [5, 5.41) is 18.2. The molecule has 104 valence electrons. The lowest BCUT2D eigenvalue weighted by Gasteiger charge is -2.13. The lowest BCUT2D eigenvalue weighted by Crippen LogP contribution is -2.32. The maximum absolute atomic E-state index is 12.1. The van der Waals surface area contributed by atoms with Gasteiger partial charge in [-0.3, -0.25) is 0 Å². The van der Waals surface area contributed by atoms with Gasteiger partial charge in [0.2, 0.25) is 10.0 Å². The van der Waals surface area contributed by atoms with Gasteiger partial charge in [0.25, 0.3) is 0 Å². The molecule has 2 rings (SSSR count). The van der Waals surface area contributed by atoms with Crippen molar-refractivity contribution >= 4 is 16.0 Å². The molecule has 3 N–H and O–H groups in total. The third kappa shape index (κ3) is 3.05. The molecule has 1 aromatic rings.